The molecular formula is C14H19BrN2O3. The molecule has 5 nitrogen and oxygen atoms in total. The minimum Gasteiger partial charge on any atom is -0.476 e. The molecule has 0 amide bonds. The van der Waals surface area contributed by atoms with Crippen LogP contribution in [0, 0.1) is 5.41 Å². The van der Waals surface area contributed by atoms with Crippen LogP contribution in [0.15, 0.2) is 10.7 Å². The van der Waals surface area contributed by atoms with Gasteiger partial charge in [0.1, 0.15) is 5.60 Å². The van der Waals surface area contributed by atoms with Crippen LogP contribution < -0.4 is 0 Å². The summed E-state index contributed by atoms with van der Waals surface area (Å²) in [6.45, 7) is 4.47. The van der Waals surface area contributed by atoms with Crippen molar-refractivity contribution in [1.82, 2.24) is 9.97 Å². The first-order valence-electron chi connectivity index (χ1n) is 6.61. The summed E-state index contributed by atoms with van der Waals surface area (Å²) in [5.74, 6) is -0.598. The van der Waals surface area contributed by atoms with E-state index in [9.17, 15) is 4.79 Å². The quantitative estimate of drug-likeness (QED) is 0.911. The largest absolute Gasteiger partial charge is 0.476 e. The number of methoxy groups -OCH3 is 1. The van der Waals surface area contributed by atoms with Gasteiger partial charge in [-0.25, -0.2) is 14.8 Å². The van der Waals surface area contributed by atoms with Gasteiger partial charge in [-0.3, -0.25) is 0 Å². The molecule has 1 heterocycles. The van der Waals surface area contributed by atoms with Crippen LogP contribution in [0.4, 0.5) is 0 Å². The average molecular weight is 343 g/mol. The van der Waals surface area contributed by atoms with Crippen molar-refractivity contribution in [1.29, 1.82) is 0 Å². The van der Waals surface area contributed by atoms with Gasteiger partial charge in [0.05, 0.1) is 4.47 Å². The summed E-state index contributed by atoms with van der Waals surface area (Å²) in [6, 6.07) is 0. The molecule has 0 aliphatic heterocycles. The zero-order chi connectivity index (χ0) is 15.0. The van der Waals surface area contributed by atoms with Crippen LogP contribution in [0.1, 0.15) is 55.8 Å². The summed E-state index contributed by atoms with van der Waals surface area (Å²) in [5.41, 5.74) is -0.302. The molecule has 0 saturated heterocycles. The maximum absolute atomic E-state index is 11.2. The highest BCUT2D eigenvalue weighted by molar-refractivity contribution is 9.10. The Morgan fingerprint density at radius 2 is 1.95 bits per heavy atom. The minimum absolute atomic E-state index is 0.0174. The summed E-state index contributed by atoms with van der Waals surface area (Å²) in [4.78, 5) is 19.7. The van der Waals surface area contributed by atoms with E-state index in [1.807, 2.05) is 0 Å². The summed E-state index contributed by atoms with van der Waals surface area (Å²) in [7, 11) is 1.64. The SMILES string of the molecule is COC1(c2ncc(Br)c(C(=O)O)n2)CCC(C)(C)CC1. The Morgan fingerprint density at radius 3 is 2.45 bits per heavy atom. The average Bonchev–Trinajstić information content (AvgIpc) is 2.40. The monoisotopic (exact) mass is 342 g/mol. The van der Waals surface area contributed by atoms with E-state index in [0.29, 0.717) is 10.3 Å². The fraction of sp³-hybridized carbons (Fsp3) is 0.643. The first kappa shape index (κ1) is 15.4. The van der Waals surface area contributed by atoms with E-state index in [2.05, 4.69) is 39.7 Å². The molecule has 0 atom stereocenters. The van der Waals surface area contributed by atoms with E-state index in [1.165, 1.54) is 6.20 Å². The molecule has 0 spiro atoms. The lowest BCUT2D eigenvalue weighted by Crippen LogP contribution is -2.38. The molecule has 0 radical (unpaired) electrons. The fourth-order valence-electron chi connectivity index (χ4n) is 2.59. The number of ether oxygens (including phenoxy) is 1. The lowest BCUT2D eigenvalue weighted by molar-refractivity contribution is -0.0730. The van der Waals surface area contributed by atoms with E-state index in [-0.39, 0.29) is 11.1 Å². The van der Waals surface area contributed by atoms with Gasteiger partial charge in [-0.2, -0.15) is 0 Å². The molecule has 0 aromatic carbocycles. The third-order valence-corrected chi connectivity index (χ3v) is 4.74. The topological polar surface area (TPSA) is 72.3 Å². The van der Waals surface area contributed by atoms with Crippen LogP contribution in [0.5, 0.6) is 0 Å². The van der Waals surface area contributed by atoms with Crippen LogP contribution in [0.2, 0.25) is 0 Å². The Kier molecular flexibility index (Phi) is 4.16. The second kappa shape index (κ2) is 5.41. The van der Waals surface area contributed by atoms with E-state index >= 15 is 0 Å². The van der Waals surface area contributed by atoms with Crippen LogP contribution in [-0.4, -0.2) is 28.2 Å². The van der Waals surface area contributed by atoms with Gasteiger partial charge in [-0.05, 0) is 47.0 Å². The van der Waals surface area contributed by atoms with Crippen molar-refractivity contribution in [3.8, 4) is 0 Å². The first-order chi connectivity index (χ1) is 9.30. The smallest absolute Gasteiger partial charge is 0.355 e. The third-order valence-electron chi connectivity index (χ3n) is 4.16. The zero-order valence-corrected chi connectivity index (χ0v) is 13.5. The normalized spacial score (nSPS) is 20.6. The van der Waals surface area contributed by atoms with Crippen LogP contribution in [0.25, 0.3) is 0 Å². The van der Waals surface area contributed by atoms with Crippen molar-refractivity contribution in [3.05, 3.63) is 22.2 Å². The molecule has 1 saturated carbocycles. The lowest BCUT2D eigenvalue weighted by atomic mass is 9.70. The van der Waals surface area contributed by atoms with Gasteiger partial charge < -0.3 is 9.84 Å². The molecule has 1 aliphatic carbocycles. The lowest BCUT2D eigenvalue weighted by Gasteiger charge is -2.41. The van der Waals surface area contributed by atoms with Crippen LogP contribution in [0.3, 0.4) is 0 Å². The highest BCUT2D eigenvalue weighted by Crippen LogP contribution is 2.46. The molecule has 0 bridgehead atoms. The molecule has 20 heavy (non-hydrogen) atoms. The number of carboxylic acid groups (broad SMARTS) is 1. The van der Waals surface area contributed by atoms with Crippen molar-refractivity contribution in [2.75, 3.05) is 7.11 Å². The maximum atomic E-state index is 11.2. The second-order valence-corrected chi connectivity index (χ2v) is 6.91. The van der Waals surface area contributed by atoms with Crippen molar-refractivity contribution in [2.24, 2.45) is 5.41 Å². The number of aromatic nitrogens is 2. The summed E-state index contributed by atoms with van der Waals surface area (Å²) in [5, 5.41) is 9.17. The predicted octanol–water partition coefficient (Wildman–Crippen LogP) is 3.38. The summed E-state index contributed by atoms with van der Waals surface area (Å²) in [6.07, 6.45) is 5.10. The fourth-order valence-corrected chi connectivity index (χ4v) is 2.95. The number of hydrogen-bond acceptors (Lipinski definition) is 4. The van der Waals surface area contributed by atoms with Gasteiger partial charge in [0.25, 0.3) is 0 Å². The number of carboxylic acids is 1. The molecule has 6 heteroatoms. The van der Waals surface area contributed by atoms with Crippen molar-refractivity contribution in [2.45, 2.75) is 45.1 Å². The Morgan fingerprint density at radius 1 is 1.35 bits per heavy atom. The van der Waals surface area contributed by atoms with Gasteiger partial charge in [0.15, 0.2) is 11.5 Å². The molecule has 1 fully saturated rings. The summed E-state index contributed by atoms with van der Waals surface area (Å²) >= 11 is 3.17. The molecule has 110 valence electrons. The van der Waals surface area contributed by atoms with E-state index in [1.54, 1.807) is 7.11 Å². The van der Waals surface area contributed by atoms with Gasteiger partial charge in [0, 0.05) is 13.3 Å². The Labute approximate surface area is 126 Å². The first-order valence-corrected chi connectivity index (χ1v) is 7.40. The van der Waals surface area contributed by atoms with Gasteiger partial charge >= 0.3 is 5.97 Å². The predicted molar refractivity (Wildman–Crippen MR) is 77.6 cm³/mol. The molecule has 1 aromatic heterocycles. The Hall–Kier alpha value is -1.01. The van der Waals surface area contributed by atoms with E-state index in [4.69, 9.17) is 9.84 Å². The highest BCUT2D eigenvalue weighted by atomic mass is 79.9. The van der Waals surface area contributed by atoms with Crippen LogP contribution in [-0.2, 0) is 10.3 Å². The third kappa shape index (κ3) is 2.86. The van der Waals surface area contributed by atoms with E-state index < -0.39 is 11.6 Å². The minimum atomic E-state index is -1.07. The van der Waals surface area contributed by atoms with E-state index in [0.717, 1.165) is 25.7 Å². The Bertz CT molecular complexity index is 521. The van der Waals surface area contributed by atoms with Gasteiger partial charge in [-0.1, -0.05) is 13.8 Å². The van der Waals surface area contributed by atoms with Crippen molar-refractivity contribution >= 4 is 21.9 Å². The number of carbonyl (C=O) groups is 1. The molecule has 2 rings (SSSR count). The van der Waals surface area contributed by atoms with Gasteiger partial charge in [0.2, 0.25) is 0 Å². The van der Waals surface area contributed by atoms with Gasteiger partial charge in [-0.15, -0.1) is 0 Å². The summed E-state index contributed by atoms with van der Waals surface area (Å²) < 4.78 is 6.08. The molecule has 1 aromatic rings. The molecule has 1 N–H and O–H groups in total. The Balaban J connectivity index is 2.38. The van der Waals surface area contributed by atoms with Crippen molar-refractivity contribution < 1.29 is 14.6 Å². The highest BCUT2D eigenvalue weighted by Gasteiger charge is 2.42. The molecule has 0 unspecified atom stereocenters. The number of halogens is 1. The number of nitrogens with zero attached hydrogens (tertiary/aromatic N) is 2. The molecule has 1 aliphatic rings. The second-order valence-electron chi connectivity index (χ2n) is 6.06. The number of rotatable bonds is 3. The number of hydrogen-bond donors (Lipinski definition) is 1. The van der Waals surface area contributed by atoms with Crippen molar-refractivity contribution in [3.63, 3.8) is 0 Å². The standard InChI is InChI=1S/C14H19BrN2O3/c1-13(2)4-6-14(20-3,7-5-13)12-16-8-9(15)10(17-12)11(18)19/h8H,4-7H2,1-3H3,(H,18,19). The number of aromatic carboxylic acids is 1. The van der Waals surface area contributed by atoms with Crippen LogP contribution >= 0.6 is 15.9 Å². The zero-order valence-electron chi connectivity index (χ0n) is 11.9. The molecular weight excluding hydrogens is 324 g/mol. The maximum Gasteiger partial charge on any atom is 0.355 e.